The molecule has 7 N–H and O–H groups in total. The summed E-state index contributed by atoms with van der Waals surface area (Å²) in [5.41, 5.74) is 4.44. The molecule has 4 atom stereocenters. The number of hydrogen-bond acceptors (Lipinski definition) is 9. The lowest BCUT2D eigenvalue weighted by molar-refractivity contribution is -0.115. The Labute approximate surface area is 155 Å². The number of aliphatic hydroxyl groups is 5. The number of aliphatic imine (C=N–C) groups is 1. The Morgan fingerprint density at radius 1 is 1.19 bits per heavy atom. The van der Waals surface area contributed by atoms with E-state index in [-0.39, 0.29) is 11.7 Å². The van der Waals surface area contributed by atoms with Crippen molar-refractivity contribution in [1.82, 2.24) is 10.7 Å². The first-order valence-electron chi connectivity index (χ1n) is 8.12. The lowest BCUT2D eigenvalue weighted by atomic mass is 10.0. The van der Waals surface area contributed by atoms with Gasteiger partial charge in [0.1, 0.15) is 30.1 Å². The molecule has 10 heteroatoms. The maximum atomic E-state index is 11.9. The van der Waals surface area contributed by atoms with Crippen molar-refractivity contribution in [1.29, 1.82) is 0 Å². The van der Waals surface area contributed by atoms with Gasteiger partial charge in [0.15, 0.2) is 0 Å². The molecule has 0 radical (unpaired) electrons. The van der Waals surface area contributed by atoms with Crippen molar-refractivity contribution in [3.63, 3.8) is 0 Å². The second-order valence-electron chi connectivity index (χ2n) is 5.97. The summed E-state index contributed by atoms with van der Waals surface area (Å²) in [5.74, 6) is -0.414. The van der Waals surface area contributed by atoms with Gasteiger partial charge < -0.3 is 25.5 Å². The molecule has 1 amide bonds. The highest BCUT2D eigenvalue weighted by Crippen LogP contribution is 2.12. The number of rotatable bonds is 7. The lowest BCUT2D eigenvalue weighted by Gasteiger charge is -2.23. The van der Waals surface area contributed by atoms with Crippen LogP contribution in [0.5, 0.6) is 0 Å². The SMILES string of the molecule is Cc1ccc(/C=C2/N=C(NN=CC(O)C(O)C(O)C(O)CO)NC2=O)cc1. The molecule has 0 aliphatic carbocycles. The molecule has 1 aliphatic heterocycles. The van der Waals surface area contributed by atoms with Gasteiger partial charge in [-0.25, -0.2) is 10.4 Å². The van der Waals surface area contributed by atoms with E-state index in [4.69, 9.17) is 5.11 Å². The molecular formula is C17H22N4O6. The van der Waals surface area contributed by atoms with Gasteiger partial charge >= 0.3 is 0 Å². The molecule has 1 heterocycles. The number of aliphatic hydroxyl groups excluding tert-OH is 5. The topological polar surface area (TPSA) is 167 Å². The van der Waals surface area contributed by atoms with Crippen LogP contribution in [0.25, 0.3) is 6.08 Å². The van der Waals surface area contributed by atoms with E-state index in [1.807, 2.05) is 31.2 Å². The number of carbonyl (C=O) groups excluding carboxylic acids is 1. The Kier molecular flexibility index (Phi) is 7.16. The summed E-state index contributed by atoms with van der Waals surface area (Å²) in [4.78, 5) is 15.9. The van der Waals surface area contributed by atoms with E-state index in [0.717, 1.165) is 17.3 Å². The number of aryl methyl sites for hydroxylation is 1. The molecule has 2 rings (SSSR count). The van der Waals surface area contributed by atoms with Crippen LogP contribution in [-0.4, -0.2) is 74.6 Å². The molecule has 10 nitrogen and oxygen atoms in total. The molecular weight excluding hydrogens is 356 g/mol. The van der Waals surface area contributed by atoms with Crippen LogP contribution in [0.1, 0.15) is 11.1 Å². The normalized spacial score (nSPS) is 20.3. The van der Waals surface area contributed by atoms with Crippen LogP contribution >= 0.6 is 0 Å². The zero-order valence-corrected chi connectivity index (χ0v) is 14.5. The van der Waals surface area contributed by atoms with E-state index in [2.05, 4.69) is 20.8 Å². The fraction of sp³-hybridized carbons (Fsp3) is 0.353. The highest BCUT2D eigenvalue weighted by molar-refractivity contribution is 6.13. The third kappa shape index (κ3) is 5.67. The van der Waals surface area contributed by atoms with Crippen molar-refractivity contribution in [2.75, 3.05) is 6.61 Å². The zero-order valence-electron chi connectivity index (χ0n) is 14.5. The third-order valence-corrected chi connectivity index (χ3v) is 3.76. The number of guanidine groups is 1. The van der Waals surface area contributed by atoms with Crippen LogP contribution in [0.3, 0.4) is 0 Å². The van der Waals surface area contributed by atoms with Gasteiger partial charge in [0.05, 0.1) is 12.8 Å². The van der Waals surface area contributed by atoms with E-state index in [9.17, 15) is 25.2 Å². The number of hydrazone groups is 1. The molecule has 4 unspecified atom stereocenters. The molecule has 0 saturated heterocycles. The smallest absolute Gasteiger partial charge is 0.276 e. The van der Waals surface area contributed by atoms with E-state index in [1.54, 1.807) is 6.08 Å². The van der Waals surface area contributed by atoms with Crippen LogP contribution in [0, 0.1) is 6.92 Å². The molecule has 0 aromatic heterocycles. The van der Waals surface area contributed by atoms with Crippen LogP contribution < -0.4 is 10.7 Å². The first kappa shape index (κ1) is 20.7. The molecule has 146 valence electrons. The maximum Gasteiger partial charge on any atom is 0.276 e. The first-order chi connectivity index (χ1) is 12.8. The summed E-state index contributed by atoms with van der Waals surface area (Å²) in [7, 11) is 0. The summed E-state index contributed by atoms with van der Waals surface area (Å²) < 4.78 is 0. The number of benzene rings is 1. The van der Waals surface area contributed by atoms with Gasteiger partial charge in [0.25, 0.3) is 5.91 Å². The summed E-state index contributed by atoms with van der Waals surface area (Å²) >= 11 is 0. The average molecular weight is 378 g/mol. The Balaban J connectivity index is 1.96. The molecule has 0 saturated carbocycles. The van der Waals surface area contributed by atoms with Gasteiger partial charge in [-0.15, -0.1) is 0 Å². The standard InChI is InChI=1S/C17H22N4O6/c1-9-2-4-10(5-3-9)6-11-16(27)20-17(19-11)21-18-7-12(23)14(25)15(26)13(24)8-22/h2-7,12-15,22-26H,8H2,1H3,(H2,19,20,21,27)/b11-6+,18-7?. The van der Waals surface area contributed by atoms with Crippen molar-refractivity contribution in [3.8, 4) is 0 Å². The number of nitrogens with one attached hydrogen (secondary N) is 2. The van der Waals surface area contributed by atoms with Gasteiger partial charge in [-0.1, -0.05) is 29.8 Å². The van der Waals surface area contributed by atoms with Crippen molar-refractivity contribution < 1.29 is 30.3 Å². The Morgan fingerprint density at radius 3 is 2.48 bits per heavy atom. The lowest BCUT2D eigenvalue weighted by Crippen LogP contribution is -2.46. The molecule has 0 spiro atoms. The first-order valence-corrected chi connectivity index (χ1v) is 8.12. The molecule has 27 heavy (non-hydrogen) atoms. The van der Waals surface area contributed by atoms with Gasteiger partial charge in [-0.3, -0.25) is 10.1 Å². The summed E-state index contributed by atoms with van der Waals surface area (Å²) in [5, 5.41) is 52.9. The minimum atomic E-state index is -1.77. The molecule has 1 aromatic carbocycles. The van der Waals surface area contributed by atoms with Gasteiger partial charge in [-0.2, -0.15) is 5.10 Å². The van der Waals surface area contributed by atoms with Crippen molar-refractivity contribution in [3.05, 3.63) is 41.1 Å². The van der Waals surface area contributed by atoms with Crippen LogP contribution in [-0.2, 0) is 4.79 Å². The largest absolute Gasteiger partial charge is 0.394 e. The predicted molar refractivity (Wildman–Crippen MR) is 97.5 cm³/mol. The van der Waals surface area contributed by atoms with Crippen molar-refractivity contribution >= 4 is 24.2 Å². The number of hydrogen-bond donors (Lipinski definition) is 7. The van der Waals surface area contributed by atoms with Gasteiger partial charge in [0.2, 0.25) is 5.96 Å². The monoisotopic (exact) mass is 378 g/mol. The average Bonchev–Trinajstić information content (AvgIpc) is 3.00. The summed E-state index contributed by atoms with van der Waals surface area (Å²) in [6, 6.07) is 7.50. The summed E-state index contributed by atoms with van der Waals surface area (Å²) in [6.45, 7) is 1.17. The quantitative estimate of drug-likeness (QED) is 0.161. The van der Waals surface area contributed by atoms with Crippen LogP contribution in [0.15, 0.2) is 40.1 Å². The summed E-state index contributed by atoms with van der Waals surface area (Å²) in [6.07, 6.45) is -4.32. The Hall–Kier alpha value is -2.63. The molecule has 1 aromatic rings. The minimum Gasteiger partial charge on any atom is -0.394 e. The van der Waals surface area contributed by atoms with Crippen molar-refractivity contribution in [2.45, 2.75) is 31.3 Å². The fourth-order valence-electron chi connectivity index (χ4n) is 2.14. The maximum absolute atomic E-state index is 11.9. The molecule has 1 aliphatic rings. The minimum absolute atomic E-state index is 0.0206. The van der Waals surface area contributed by atoms with Crippen LogP contribution in [0.2, 0.25) is 0 Å². The highest BCUT2D eigenvalue weighted by Gasteiger charge is 2.29. The fourth-order valence-corrected chi connectivity index (χ4v) is 2.14. The van der Waals surface area contributed by atoms with E-state index in [1.165, 1.54) is 0 Å². The third-order valence-electron chi connectivity index (χ3n) is 3.76. The van der Waals surface area contributed by atoms with E-state index >= 15 is 0 Å². The van der Waals surface area contributed by atoms with Crippen molar-refractivity contribution in [2.24, 2.45) is 10.1 Å². The van der Waals surface area contributed by atoms with Crippen LogP contribution in [0.4, 0.5) is 0 Å². The Bertz CT molecular complexity index is 746. The molecule has 0 bridgehead atoms. The predicted octanol–water partition coefficient (Wildman–Crippen LogP) is -2.17. The number of carbonyl (C=O) groups is 1. The van der Waals surface area contributed by atoms with E-state index < -0.39 is 36.9 Å². The molecule has 0 fully saturated rings. The second kappa shape index (κ2) is 9.35. The number of nitrogens with zero attached hydrogens (tertiary/aromatic N) is 2. The van der Waals surface area contributed by atoms with Gasteiger partial charge in [0, 0.05) is 0 Å². The Morgan fingerprint density at radius 2 is 1.85 bits per heavy atom. The zero-order chi connectivity index (χ0) is 20.0. The second-order valence-corrected chi connectivity index (χ2v) is 5.97. The highest BCUT2D eigenvalue weighted by atomic mass is 16.4. The van der Waals surface area contributed by atoms with E-state index in [0.29, 0.717) is 0 Å². The van der Waals surface area contributed by atoms with Gasteiger partial charge in [-0.05, 0) is 18.6 Å². The number of amides is 1.